The summed E-state index contributed by atoms with van der Waals surface area (Å²) < 4.78 is 0. The fourth-order valence-electron chi connectivity index (χ4n) is 1.46. The van der Waals surface area contributed by atoms with Crippen molar-refractivity contribution in [1.29, 1.82) is 0 Å². The highest BCUT2D eigenvalue weighted by Crippen LogP contribution is 2.09. The summed E-state index contributed by atoms with van der Waals surface area (Å²) in [4.78, 5) is 22.2. The Morgan fingerprint density at radius 3 is 2.76 bits per heavy atom. The molecule has 0 aliphatic rings. The van der Waals surface area contributed by atoms with E-state index in [0.717, 1.165) is 6.42 Å². The molecule has 0 unspecified atom stereocenters. The number of thiazole rings is 1. The second-order valence-corrected chi connectivity index (χ2v) is 4.58. The van der Waals surface area contributed by atoms with Gasteiger partial charge < -0.3 is 4.90 Å². The van der Waals surface area contributed by atoms with Gasteiger partial charge in [-0.15, -0.1) is 11.3 Å². The SMILES string of the molecule is CN(CCc1ccncc1)C(=O)c1cncs1. The van der Waals surface area contributed by atoms with E-state index in [9.17, 15) is 4.79 Å². The Morgan fingerprint density at radius 1 is 1.35 bits per heavy atom. The molecule has 17 heavy (non-hydrogen) atoms. The largest absolute Gasteiger partial charge is 0.341 e. The Labute approximate surface area is 104 Å². The standard InChI is InChI=1S/C12H13N3OS/c1-15(12(16)11-8-14-9-17-11)7-4-10-2-5-13-6-3-10/h2-3,5-6,8-9H,4,7H2,1H3. The Hall–Kier alpha value is -1.75. The highest BCUT2D eigenvalue weighted by Gasteiger charge is 2.12. The van der Waals surface area contributed by atoms with Crippen molar-refractivity contribution in [2.24, 2.45) is 0 Å². The molecular formula is C12H13N3OS. The molecular weight excluding hydrogens is 234 g/mol. The zero-order valence-electron chi connectivity index (χ0n) is 9.54. The minimum atomic E-state index is 0.0292. The number of carbonyl (C=O) groups excluding carboxylic acids is 1. The van der Waals surface area contributed by atoms with Crippen molar-refractivity contribution in [2.45, 2.75) is 6.42 Å². The average Bonchev–Trinajstić information content (AvgIpc) is 2.90. The molecule has 0 atom stereocenters. The molecule has 2 aromatic rings. The van der Waals surface area contributed by atoms with Gasteiger partial charge in [0.05, 0.1) is 11.7 Å². The molecule has 0 fully saturated rings. The van der Waals surface area contributed by atoms with Crippen LogP contribution in [0.3, 0.4) is 0 Å². The van der Waals surface area contributed by atoms with E-state index < -0.39 is 0 Å². The van der Waals surface area contributed by atoms with Gasteiger partial charge in [0.2, 0.25) is 0 Å². The van der Waals surface area contributed by atoms with Crippen LogP contribution in [0.25, 0.3) is 0 Å². The Morgan fingerprint density at radius 2 is 2.12 bits per heavy atom. The van der Waals surface area contributed by atoms with Gasteiger partial charge in [0.1, 0.15) is 4.88 Å². The maximum Gasteiger partial charge on any atom is 0.265 e. The van der Waals surface area contributed by atoms with Gasteiger partial charge in [0, 0.05) is 26.0 Å². The molecule has 4 nitrogen and oxygen atoms in total. The van der Waals surface area contributed by atoms with Gasteiger partial charge in [-0.05, 0) is 24.1 Å². The molecule has 2 rings (SSSR count). The summed E-state index contributed by atoms with van der Waals surface area (Å²) in [6.45, 7) is 0.695. The van der Waals surface area contributed by atoms with Gasteiger partial charge in [-0.2, -0.15) is 0 Å². The Kier molecular flexibility index (Phi) is 3.82. The van der Waals surface area contributed by atoms with Crippen LogP contribution in [0, 0.1) is 0 Å². The molecule has 0 aliphatic carbocycles. The smallest absolute Gasteiger partial charge is 0.265 e. The number of amides is 1. The summed E-state index contributed by atoms with van der Waals surface area (Å²) in [5.41, 5.74) is 2.85. The molecule has 0 aromatic carbocycles. The van der Waals surface area contributed by atoms with Gasteiger partial charge >= 0.3 is 0 Å². The molecule has 0 radical (unpaired) electrons. The second kappa shape index (κ2) is 5.54. The number of likely N-dealkylation sites (N-methyl/N-ethyl adjacent to an activating group) is 1. The summed E-state index contributed by atoms with van der Waals surface area (Å²) in [5.74, 6) is 0.0292. The molecule has 0 N–H and O–H groups in total. The van der Waals surface area contributed by atoms with Crippen molar-refractivity contribution in [3.8, 4) is 0 Å². The molecule has 2 aromatic heterocycles. The number of hydrogen-bond acceptors (Lipinski definition) is 4. The van der Waals surface area contributed by atoms with Crippen LogP contribution in [0.5, 0.6) is 0 Å². The molecule has 0 saturated carbocycles. The van der Waals surface area contributed by atoms with Crippen molar-refractivity contribution >= 4 is 17.2 Å². The van der Waals surface area contributed by atoms with Crippen molar-refractivity contribution in [3.63, 3.8) is 0 Å². The molecule has 2 heterocycles. The zero-order valence-corrected chi connectivity index (χ0v) is 10.4. The van der Waals surface area contributed by atoms with Crippen LogP contribution in [-0.2, 0) is 6.42 Å². The number of hydrogen-bond donors (Lipinski definition) is 0. The molecule has 5 heteroatoms. The first-order valence-electron chi connectivity index (χ1n) is 5.30. The van der Waals surface area contributed by atoms with Crippen LogP contribution in [0.15, 0.2) is 36.2 Å². The third kappa shape index (κ3) is 3.10. The van der Waals surface area contributed by atoms with E-state index in [4.69, 9.17) is 0 Å². The van der Waals surface area contributed by atoms with Crippen molar-refractivity contribution in [1.82, 2.24) is 14.9 Å². The van der Waals surface area contributed by atoms with Crippen molar-refractivity contribution < 1.29 is 4.79 Å². The lowest BCUT2D eigenvalue weighted by Gasteiger charge is -2.15. The topological polar surface area (TPSA) is 46.1 Å². The maximum atomic E-state index is 11.9. The van der Waals surface area contributed by atoms with Gasteiger partial charge in [-0.25, -0.2) is 0 Å². The lowest BCUT2D eigenvalue weighted by molar-refractivity contribution is 0.0801. The Balaban J connectivity index is 1.90. The van der Waals surface area contributed by atoms with Crippen LogP contribution in [0.2, 0.25) is 0 Å². The summed E-state index contributed by atoms with van der Waals surface area (Å²) in [5, 5.41) is 0. The molecule has 88 valence electrons. The molecule has 0 bridgehead atoms. The van der Waals surface area contributed by atoms with Crippen molar-refractivity contribution in [3.05, 3.63) is 46.7 Å². The normalized spacial score (nSPS) is 10.2. The fraction of sp³-hybridized carbons (Fsp3) is 0.250. The van der Waals surface area contributed by atoms with E-state index in [1.165, 1.54) is 16.9 Å². The summed E-state index contributed by atoms with van der Waals surface area (Å²) >= 11 is 1.37. The van der Waals surface area contributed by atoms with Gasteiger partial charge in [0.25, 0.3) is 5.91 Å². The Bertz CT molecular complexity index is 470. The van der Waals surface area contributed by atoms with E-state index in [-0.39, 0.29) is 5.91 Å². The zero-order chi connectivity index (χ0) is 12.1. The van der Waals surface area contributed by atoms with Crippen LogP contribution in [0.1, 0.15) is 15.2 Å². The van der Waals surface area contributed by atoms with Crippen LogP contribution in [0.4, 0.5) is 0 Å². The number of nitrogens with zero attached hydrogens (tertiary/aromatic N) is 3. The third-order valence-electron chi connectivity index (χ3n) is 2.48. The molecule has 0 saturated heterocycles. The lowest BCUT2D eigenvalue weighted by atomic mass is 10.2. The molecule has 0 spiro atoms. The van der Waals surface area contributed by atoms with E-state index >= 15 is 0 Å². The van der Waals surface area contributed by atoms with Crippen LogP contribution < -0.4 is 0 Å². The quantitative estimate of drug-likeness (QED) is 0.828. The van der Waals surface area contributed by atoms with Gasteiger partial charge in [-0.3, -0.25) is 14.8 Å². The fourth-order valence-corrected chi connectivity index (χ4v) is 2.07. The summed E-state index contributed by atoms with van der Waals surface area (Å²) in [6.07, 6.45) is 5.97. The highest BCUT2D eigenvalue weighted by molar-refractivity contribution is 7.11. The molecule has 1 amide bonds. The first kappa shape index (κ1) is 11.7. The van der Waals surface area contributed by atoms with E-state index in [1.807, 2.05) is 19.2 Å². The van der Waals surface area contributed by atoms with Crippen LogP contribution >= 0.6 is 11.3 Å². The monoisotopic (exact) mass is 247 g/mol. The minimum absolute atomic E-state index is 0.0292. The summed E-state index contributed by atoms with van der Waals surface area (Å²) in [7, 11) is 1.81. The number of rotatable bonds is 4. The lowest BCUT2D eigenvalue weighted by Crippen LogP contribution is -2.28. The number of carbonyl (C=O) groups is 1. The highest BCUT2D eigenvalue weighted by atomic mass is 32.1. The summed E-state index contributed by atoms with van der Waals surface area (Å²) in [6, 6.07) is 3.93. The maximum absolute atomic E-state index is 11.9. The van der Waals surface area contributed by atoms with Crippen molar-refractivity contribution in [2.75, 3.05) is 13.6 Å². The van der Waals surface area contributed by atoms with Gasteiger partial charge in [-0.1, -0.05) is 0 Å². The predicted molar refractivity (Wildman–Crippen MR) is 67.0 cm³/mol. The van der Waals surface area contributed by atoms with Crippen LogP contribution in [-0.4, -0.2) is 34.4 Å². The first-order valence-corrected chi connectivity index (χ1v) is 6.18. The van der Waals surface area contributed by atoms with E-state index in [1.54, 1.807) is 29.0 Å². The van der Waals surface area contributed by atoms with E-state index in [0.29, 0.717) is 11.4 Å². The van der Waals surface area contributed by atoms with E-state index in [2.05, 4.69) is 9.97 Å². The third-order valence-corrected chi connectivity index (χ3v) is 3.24. The average molecular weight is 247 g/mol. The minimum Gasteiger partial charge on any atom is -0.341 e. The number of aromatic nitrogens is 2. The van der Waals surface area contributed by atoms with Gasteiger partial charge in [0.15, 0.2) is 0 Å². The predicted octanol–water partition coefficient (Wildman–Crippen LogP) is 1.85. The second-order valence-electron chi connectivity index (χ2n) is 3.70. The number of pyridine rings is 1. The first-order chi connectivity index (χ1) is 8.27. The molecule has 0 aliphatic heterocycles.